The van der Waals surface area contributed by atoms with Crippen molar-refractivity contribution < 1.29 is 24.2 Å². The van der Waals surface area contributed by atoms with E-state index >= 15 is 0 Å². The van der Waals surface area contributed by atoms with Crippen molar-refractivity contribution in [3.8, 4) is 11.5 Å². The quantitative estimate of drug-likeness (QED) is 0.282. The van der Waals surface area contributed by atoms with Crippen LogP contribution in [0.5, 0.6) is 11.5 Å². The van der Waals surface area contributed by atoms with Gasteiger partial charge >= 0.3 is 5.97 Å². The summed E-state index contributed by atoms with van der Waals surface area (Å²) in [6.45, 7) is 5.10. The monoisotopic (exact) mass is 580 g/mol. The predicted molar refractivity (Wildman–Crippen MR) is 150 cm³/mol. The molecule has 190 valence electrons. The second-order valence-corrected chi connectivity index (χ2v) is 9.81. The van der Waals surface area contributed by atoms with Gasteiger partial charge in [-0.1, -0.05) is 30.3 Å². The van der Waals surface area contributed by atoms with E-state index in [1.165, 1.54) is 23.9 Å². The smallest absolute Gasteiger partial charge is 0.335 e. The van der Waals surface area contributed by atoms with Crippen LogP contribution in [0.4, 0.5) is 5.69 Å². The van der Waals surface area contributed by atoms with Gasteiger partial charge in [0, 0.05) is 6.54 Å². The Labute approximate surface area is 227 Å². The van der Waals surface area contributed by atoms with Crippen molar-refractivity contribution in [3.05, 3.63) is 92.8 Å². The zero-order valence-corrected chi connectivity index (χ0v) is 22.7. The van der Waals surface area contributed by atoms with Crippen molar-refractivity contribution in [2.45, 2.75) is 20.5 Å². The number of rotatable bonds is 9. The summed E-state index contributed by atoms with van der Waals surface area (Å²) in [5, 5.41) is 9.64. The molecule has 1 fully saturated rings. The fourth-order valence-electron chi connectivity index (χ4n) is 3.61. The van der Waals surface area contributed by atoms with Gasteiger partial charge in [-0.15, -0.1) is 0 Å². The first-order valence-corrected chi connectivity index (χ1v) is 13.3. The minimum atomic E-state index is -1.00. The molecule has 0 atom stereocenters. The maximum Gasteiger partial charge on any atom is 0.335 e. The molecule has 1 heterocycles. The molecular formula is C28H25BrN2O5S. The highest BCUT2D eigenvalue weighted by Gasteiger charge is 2.32. The SMILES string of the molecule is CCOc1cc(/C=C2\SC(=Nc3ccc(C(=O)O)cc3)N(CC)C2=O)cc(Br)c1OCc1ccccc1. The lowest BCUT2D eigenvalue weighted by atomic mass is 10.1. The summed E-state index contributed by atoms with van der Waals surface area (Å²) in [7, 11) is 0. The average Bonchev–Trinajstić information content (AvgIpc) is 3.18. The summed E-state index contributed by atoms with van der Waals surface area (Å²) in [6.07, 6.45) is 1.81. The molecule has 7 nitrogen and oxygen atoms in total. The summed E-state index contributed by atoms with van der Waals surface area (Å²) >= 11 is 4.87. The standard InChI is InChI=1S/C28H25BrN2O5S/c1-3-31-26(32)24(37-28(31)30-21-12-10-20(11-13-21)27(33)34)16-19-14-22(29)25(23(15-19)35-4-2)36-17-18-8-6-5-7-9-18/h5-16H,3-4,17H2,1-2H3,(H,33,34)/b24-16-,30-28?. The molecule has 1 amide bonds. The molecule has 4 rings (SSSR count). The van der Waals surface area contributed by atoms with Crippen molar-refractivity contribution in [1.82, 2.24) is 4.90 Å². The van der Waals surface area contributed by atoms with E-state index in [9.17, 15) is 9.59 Å². The van der Waals surface area contributed by atoms with Crippen molar-refractivity contribution in [2.75, 3.05) is 13.2 Å². The van der Waals surface area contributed by atoms with Crippen LogP contribution in [0.15, 0.2) is 81.1 Å². The van der Waals surface area contributed by atoms with Gasteiger partial charge in [-0.2, -0.15) is 0 Å². The number of carbonyl (C=O) groups excluding carboxylic acids is 1. The van der Waals surface area contributed by atoms with Crippen molar-refractivity contribution in [3.63, 3.8) is 0 Å². The van der Waals surface area contributed by atoms with Gasteiger partial charge in [-0.25, -0.2) is 9.79 Å². The number of carboxylic acids is 1. The number of likely N-dealkylation sites (N-methyl/N-ethyl adjacent to an activating group) is 1. The molecule has 3 aromatic carbocycles. The molecule has 0 radical (unpaired) electrons. The Hall–Kier alpha value is -3.56. The van der Waals surface area contributed by atoms with Gasteiger partial charge < -0.3 is 14.6 Å². The number of carbonyl (C=O) groups is 2. The summed E-state index contributed by atoms with van der Waals surface area (Å²) < 4.78 is 12.6. The van der Waals surface area contributed by atoms with E-state index in [1.54, 1.807) is 23.1 Å². The number of benzene rings is 3. The molecule has 0 aliphatic carbocycles. The van der Waals surface area contributed by atoms with E-state index in [0.29, 0.717) is 47.0 Å². The van der Waals surface area contributed by atoms with E-state index < -0.39 is 5.97 Å². The summed E-state index contributed by atoms with van der Waals surface area (Å²) in [6, 6.07) is 19.8. The summed E-state index contributed by atoms with van der Waals surface area (Å²) in [5.74, 6) is 0.0290. The molecule has 1 N–H and O–H groups in total. The Balaban J connectivity index is 1.60. The van der Waals surface area contributed by atoms with Crippen LogP contribution in [0.2, 0.25) is 0 Å². The van der Waals surface area contributed by atoms with E-state index in [1.807, 2.05) is 56.3 Å². The molecule has 1 aliphatic rings. The maximum absolute atomic E-state index is 13.1. The van der Waals surface area contributed by atoms with Gasteiger partial charge in [0.05, 0.1) is 27.2 Å². The molecule has 0 aromatic heterocycles. The van der Waals surface area contributed by atoms with Crippen LogP contribution < -0.4 is 9.47 Å². The number of hydrogen-bond donors (Lipinski definition) is 1. The summed E-state index contributed by atoms with van der Waals surface area (Å²) in [5.41, 5.74) is 2.57. The van der Waals surface area contributed by atoms with E-state index in [2.05, 4.69) is 20.9 Å². The molecule has 0 spiro atoms. The Morgan fingerprint density at radius 1 is 1.08 bits per heavy atom. The minimum Gasteiger partial charge on any atom is -0.490 e. The number of ether oxygens (including phenoxy) is 2. The number of thioether (sulfide) groups is 1. The first kappa shape index (κ1) is 26.5. The molecule has 37 heavy (non-hydrogen) atoms. The van der Waals surface area contributed by atoms with Gasteiger partial charge in [0.2, 0.25) is 0 Å². The highest BCUT2D eigenvalue weighted by molar-refractivity contribution is 9.10. The lowest BCUT2D eigenvalue weighted by molar-refractivity contribution is -0.122. The van der Waals surface area contributed by atoms with Crippen molar-refractivity contribution in [2.24, 2.45) is 4.99 Å². The maximum atomic E-state index is 13.1. The Bertz CT molecular complexity index is 1360. The topological polar surface area (TPSA) is 88.4 Å². The zero-order valence-electron chi connectivity index (χ0n) is 20.3. The van der Waals surface area contributed by atoms with Gasteiger partial charge in [0.25, 0.3) is 5.91 Å². The predicted octanol–water partition coefficient (Wildman–Crippen LogP) is 6.75. The third kappa shape index (κ3) is 6.42. The van der Waals surface area contributed by atoms with Crippen LogP contribution in [0.1, 0.15) is 35.3 Å². The highest BCUT2D eigenvalue weighted by Crippen LogP contribution is 2.40. The summed E-state index contributed by atoms with van der Waals surface area (Å²) in [4.78, 5) is 30.9. The lowest BCUT2D eigenvalue weighted by Crippen LogP contribution is -2.28. The van der Waals surface area contributed by atoms with Crippen molar-refractivity contribution >= 4 is 56.5 Å². The molecular weight excluding hydrogens is 556 g/mol. The number of halogens is 1. The minimum absolute atomic E-state index is 0.146. The molecule has 3 aromatic rings. The van der Waals surface area contributed by atoms with Crippen LogP contribution in [0.25, 0.3) is 6.08 Å². The first-order valence-electron chi connectivity index (χ1n) is 11.7. The second kappa shape index (κ2) is 12.1. The third-order valence-electron chi connectivity index (χ3n) is 5.40. The fraction of sp³-hybridized carbons (Fsp3) is 0.179. The van der Waals surface area contributed by atoms with Gasteiger partial charge in [-0.05, 0) is 95.1 Å². The van der Waals surface area contributed by atoms with E-state index in [4.69, 9.17) is 14.6 Å². The number of carboxylic acid groups (broad SMARTS) is 1. The van der Waals surface area contributed by atoms with Gasteiger partial charge in [0.1, 0.15) is 6.61 Å². The Kier molecular flexibility index (Phi) is 8.68. The van der Waals surface area contributed by atoms with Gasteiger partial charge in [0.15, 0.2) is 16.7 Å². The fourth-order valence-corrected chi connectivity index (χ4v) is 5.25. The normalized spacial score (nSPS) is 15.4. The third-order valence-corrected chi connectivity index (χ3v) is 6.99. The number of aliphatic imine (C=N–C) groups is 1. The zero-order chi connectivity index (χ0) is 26.4. The molecule has 0 saturated carbocycles. The highest BCUT2D eigenvalue weighted by atomic mass is 79.9. The molecule has 0 bridgehead atoms. The largest absolute Gasteiger partial charge is 0.490 e. The van der Waals surface area contributed by atoms with E-state index in [0.717, 1.165) is 15.6 Å². The van der Waals surface area contributed by atoms with Crippen molar-refractivity contribution in [1.29, 1.82) is 0 Å². The van der Waals surface area contributed by atoms with Crippen LogP contribution in [-0.4, -0.2) is 40.2 Å². The van der Waals surface area contributed by atoms with Gasteiger partial charge in [-0.3, -0.25) is 9.69 Å². The number of aromatic carboxylic acids is 1. The molecule has 0 unspecified atom stereocenters. The Morgan fingerprint density at radius 3 is 2.46 bits per heavy atom. The molecule has 1 aliphatic heterocycles. The number of amidine groups is 1. The van der Waals surface area contributed by atoms with Crippen LogP contribution in [-0.2, 0) is 11.4 Å². The van der Waals surface area contributed by atoms with Crippen LogP contribution in [0.3, 0.4) is 0 Å². The lowest BCUT2D eigenvalue weighted by Gasteiger charge is -2.15. The van der Waals surface area contributed by atoms with E-state index in [-0.39, 0.29) is 11.5 Å². The number of amides is 1. The number of nitrogens with zero attached hydrogens (tertiary/aromatic N) is 2. The Morgan fingerprint density at radius 2 is 1.81 bits per heavy atom. The second-order valence-electron chi connectivity index (χ2n) is 7.94. The first-order chi connectivity index (χ1) is 17.9. The molecule has 9 heteroatoms. The van der Waals surface area contributed by atoms with Crippen LogP contribution in [0, 0.1) is 0 Å². The van der Waals surface area contributed by atoms with Crippen LogP contribution >= 0.6 is 27.7 Å². The average molecular weight is 581 g/mol. The number of hydrogen-bond acceptors (Lipinski definition) is 6. The molecule has 1 saturated heterocycles.